The van der Waals surface area contributed by atoms with Gasteiger partial charge in [0.1, 0.15) is 0 Å². The molecule has 30 heavy (non-hydrogen) atoms. The van der Waals surface area contributed by atoms with E-state index in [4.69, 9.17) is 14.2 Å². The number of rotatable bonds is 8. The lowest BCUT2D eigenvalue weighted by Gasteiger charge is -2.15. The lowest BCUT2D eigenvalue weighted by atomic mass is 10.1. The van der Waals surface area contributed by atoms with Crippen molar-refractivity contribution in [2.45, 2.75) is 26.2 Å². The first-order valence-corrected chi connectivity index (χ1v) is 9.29. The molecule has 164 valence electrons. The third-order valence-electron chi connectivity index (χ3n) is 4.20. The third kappa shape index (κ3) is 6.20. The number of halogens is 3. The summed E-state index contributed by atoms with van der Waals surface area (Å²) in [6, 6.07) is 8.77. The third-order valence-corrected chi connectivity index (χ3v) is 4.20. The quantitative estimate of drug-likeness (QED) is 0.495. The number of methoxy groups -OCH3 is 3. The van der Waals surface area contributed by atoms with Gasteiger partial charge >= 0.3 is 6.18 Å². The lowest BCUT2D eigenvalue weighted by molar-refractivity contribution is -0.137. The van der Waals surface area contributed by atoms with Gasteiger partial charge < -0.3 is 24.8 Å². The van der Waals surface area contributed by atoms with Gasteiger partial charge in [-0.2, -0.15) is 13.2 Å². The van der Waals surface area contributed by atoms with Crippen molar-refractivity contribution in [2.24, 2.45) is 4.99 Å². The van der Waals surface area contributed by atoms with Crippen molar-refractivity contribution < 1.29 is 27.4 Å². The van der Waals surface area contributed by atoms with E-state index >= 15 is 0 Å². The molecule has 0 fully saturated rings. The number of hydrogen-bond donors (Lipinski definition) is 2. The molecule has 2 N–H and O–H groups in total. The first kappa shape index (κ1) is 23.2. The van der Waals surface area contributed by atoms with Crippen molar-refractivity contribution in [3.8, 4) is 17.2 Å². The summed E-state index contributed by atoms with van der Waals surface area (Å²) >= 11 is 0. The van der Waals surface area contributed by atoms with Gasteiger partial charge in [-0.15, -0.1) is 0 Å². The van der Waals surface area contributed by atoms with E-state index in [0.29, 0.717) is 41.9 Å². The van der Waals surface area contributed by atoms with E-state index in [9.17, 15) is 13.2 Å². The van der Waals surface area contributed by atoms with Crippen molar-refractivity contribution in [1.82, 2.24) is 10.6 Å². The predicted molar refractivity (Wildman–Crippen MR) is 109 cm³/mol. The lowest BCUT2D eigenvalue weighted by Crippen LogP contribution is -2.36. The van der Waals surface area contributed by atoms with Crippen LogP contribution in [-0.4, -0.2) is 33.8 Å². The van der Waals surface area contributed by atoms with Crippen LogP contribution in [0.1, 0.15) is 23.6 Å². The second kappa shape index (κ2) is 10.6. The minimum atomic E-state index is -4.37. The summed E-state index contributed by atoms with van der Waals surface area (Å²) in [6.07, 6.45) is -4.37. The molecule has 6 nitrogen and oxygen atoms in total. The Hall–Kier alpha value is -3.10. The zero-order valence-electron chi connectivity index (χ0n) is 17.4. The Kier molecular flexibility index (Phi) is 8.20. The van der Waals surface area contributed by atoms with Gasteiger partial charge in [-0.05, 0) is 42.3 Å². The van der Waals surface area contributed by atoms with Gasteiger partial charge in [0.2, 0.25) is 5.75 Å². The fourth-order valence-electron chi connectivity index (χ4n) is 2.78. The molecule has 0 aliphatic carbocycles. The molecule has 0 bridgehead atoms. The van der Waals surface area contributed by atoms with Gasteiger partial charge in [-0.3, -0.25) is 0 Å². The van der Waals surface area contributed by atoms with Crippen LogP contribution in [0.5, 0.6) is 17.2 Å². The van der Waals surface area contributed by atoms with E-state index in [1.807, 2.05) is 6.92 Å². The highest BCUT2D eigenvalue weighted by Crippen LogP contribution is 2.38. The Morgan fingerprint density at radius 3 is 2.13 bits per heavy atom. The molecule has 0 saturated heterocycles. The average Bonchev–Trinajstić information content (AvgIpc) is 2.74. The first-order chi connectivity index (χ1) is 14.3. The molecule has 0 radical (unpaired) electrons. The predicted octanol–water partition coefficient (Wildman–Crippen LogP) is 3.99. The second-order valence-electron chi connectivity index (χ2n) is 6.28. The van der Waals surface area contributed by atoms with Crippen LogP contribution in [0, 0.1) is 0 Å². The van der Waals surface area contributed by atoms with Crippen molar-refractivity contribution >= 4 is 5.96 Å². The van der Waals surface area contributed by atoms with Crippen molar-refractivity contribution in [1.29, 1.82) is 0 Å². The summed E-state index contributed by atoms with van der Waals surface area (Å²) in [4.78, 5) is 4.50. The van der Waals surface area contributed by atoms with Crippen LogP contribution in [0.25, 0.3) is 0 Å². The molecule has 0 aliphatic heterocycles. The maximum atomic E-state index is 12.9. The number of aliphatic imine (C=N–C) groups is 1. The number of hydrogen-bond acceptors (Lipinski definition) is 4. The standard InChI is InChI=1S/C21H26F3N3O3/c1-5-25-20(26-12-14-7-6-8-16(9-14)21(22,23)24)27-13-15-10-17(28-2)19(30-4)18(11-15)29-3/h6-11H,5,12-13H2,1-4H3,(H2,25,26,27). The fraction of sp³-hybridized carbons (Fsp3) is 0.381. The Morgan fingerprint density at radius 1 is 0.933 bits per heavy atom. The first-order valence-electron chi connectivity index (χ1n) is 9.29. The Morgan fingerprint density at radius 2 is 1.60 bits per heavy atom. The van der Waals surface area contributed by atoms with Gasteiger partial charge in [0.25, 0.3) is 0 Å². The molecule has 0 atom stereocenters. The normalized spacial score (nSPS) is 11.8. The molecule has 0 unspecified atom stereocenters. The highest BCUT2D eigenvalue weighted by atomic mass is 19.4. The summed E-state index contributed by atoms with van der Waals surface area (Å²) in [5.41, 5.74) is 0.644. The average molecular weight is 425 g/mol. The molecule has 0 amide bonds. The molecule has 0 aliphatic rings. The number of benzene rings is 2. The molecular weight excluding hydrogens is 399 g/mol. The fourth-order valence-corrected chi connectivity index (χ4v) is 2.78. The minimum absolute atomic E-state index is 0.199. The van der Waals surface area contributed by atoms with E-state index in [1.165, 1.54) is 27.4 Å². The number of alkyl halides is 3. The van der Waals surface area contributed by atoms with Crippen LogP contribution in [0.4, 0.5) is 13.2 Å². The molecule has 2 aromatic rings. The van der Waals surface area contributed by atoms with Gasteiger partial charge in [-0.25, -0.2) is 4.99 Å². The van der Waals surface area contributed by atoms with E-state index in [-0.39, 0.29) is 6.54 Å². The van der Waals surface area contributed by atoms with Crippen molar-refractivity contribution in [3.05, 3.63) is 53.1 Å². The molecule has 0 aromatic heterocycles. The highest BCUT2D eigenvalue weighted by Gasteiger charge is 2.30. The van der Waals surface area contributed by atoms with Crippen LogP contribution in [0.2, 0.25) is 0 Å². The second-order valence-corrected chi connectivity index (χ2v) is 6.28. The molecule has 9 heteroatoms. The molecule has 0 saturated carbocycles. The van der Waals surface area contributed by atoms with Crippen LogP contribution >= 0.6 is 0 Å². The summed E-state index contributed by atoms with van der Waals surface area (Å²) in [5.74, 6) is 2.00. The number of ether oxygens (including phenoxy) is 3. The van der Waals surface area contributed by atoms with Crippen molar-refractivity contribution in [3.63, 3.8) is 0 Å². The summed E-state index contributed by atoms with van der Waals surface area (Å²) in [7, 11) is 4.59. The molecule has 0 spiro atoms. The van der Waals surface area contributed by atoms with E-state index in [1.54, 1.807) is 18.2 Å². The Bertz CT molecular complexity index is 845. The van der Waals surface area contributed by atoms with Gasteiger partial charge in [0.05, 0.1) is 33.4 Å². The maximum absolute atomic E-state index is 12.9. The topological polar surface area (TPSA) is 64.1 Å². The molecule has 2 aromatic carbocycles. The van der Waals surface area contributed by atoms with Crippen LogP contribution in [-0.2, 0) is 19.3 Å². The van der Waals surface area contributed by atoms with E-state index in [0.717, 1.165) is 17.7 Å². The maximum Gasteiger partial charge on any atom is 0.416 e. The largest absolute Gasteiger partial charge is 0.493 e. The summed E-state index contributed by atoms with van der Waals surface area (Å²) < 4.78 is 54.7. The zero-order chi connectivity index (χ0) is 22.1. The SMILES string of the molecule is CCNC(=NCc1cc(OC)c(OC)c(OC)c1)NCc1cccc(C(F)(F)F)c1. The van der Waals surface area contributed by atoms with Gasteiger partial charge in [0.15, 0.2) is 17.5 Å². The van der Waals surface area contributed by atoms with Gasteiger partial charge in [0, 0.05) is 13.1 Å². The number of nitrogens with zero attached hydrogens (tertiary/aromatic N) is 1. The smallest absolute Gasteiger partial charge is 0.416 e. The zero-order valence-corrected chi connectivity index (χ0v) is 17.4. The highest BCUT2D eigenvalue weighted by molar-refractivity contribution is 5.79. The van der Waals surface area contributed by atoms with Crippen LogP contribution in [0.3, 0.4) is 0 Å². The summed E-state index contributed by atoms with van der Waals surface area (Å²) in [6.45, 7) is 3.00. The summed E-state index contributed by atoms with van der Waals surface area (Å²) in [5, 5.41) is 6.13. The number of guanidine groups is 1. The van der Waals surface area contributed by atoms with Gasteiger partial charge in [-0.1, -0.05) is 12.1 Å². The van der Waals surface area contributed by atoms with Crippen molar-refractivity contribution in [2.75, 3.05) is 27.9 Å². The molecule has 0 heterocycles. The number of nitrogens with one attached hydrogen (secondary N) is 2. The molecule has 2 rings (SSSR count). The van der Waals surface area contributed by atoms with Crippen LogP contribution < -0.4 is 24.8 Å². The monoisotopic (exact) mass is 425 g/mol. The van der Waals surface area contributed by atoms with E-state index in [2.05, 4.69) is 15.6 Å². The Labute approximate surface area is 174 Å². The minimum Gasteiger partial charge on any atom is -0.493 e. The van der Waals surface area contributed by atoms with Crippen LogP contribution in [0.15, 0.2) is 41.4 Å². The Balaban J connectivity index is 2.15. The van der Waals surface area contributed by atoms with E-state index < -0.39 is 11.7 Å². The molecular formula is C21H26F3N3O3.